The number of aldehydes is 1. The Bertz CT molecular complexity index is 846. The Morgan fingerprint density at radius 3 is 2.36 bits per heavy atom. The molecule has 0 aliphatic carbocycles. The number of benzene rings is 2. The lowest BCUT2D eigenvalue weighted by atomic mass is 10.1. The van der Waals surface area contributed by atoms with Crippen molar-refractivity contribution in [3.63, 3.8) is 0 Å². The fourth-order valence-electron chi connectivity index (χ4n) is 2.00. The van der Waals surface area contributed by atoms with Crippen molar-refractivity contribution in [2.75, 3.05) is 12.1 Å². The first-order valence-electron chi connectivity index (χ1n) is 7.21. The number of rotatable bonds is 6. The van der Waals surface area contributed by atoms with E-state index in [4.69, 9.17) is 28.9 Å². The number of carbonyl (C=O) groups excluding carboxylic acids is 2. The van der Waals surface area contributed by atoms with E-state index < -0.39 is 5.91 Å². The van der Waals surface area contributed by atoms with Gasteiger partial charge in [0.15, 0.2) is 6.29 Å². The maximum Gasteiger partial charge on any atom is 0.252 e. The summed E-state index contributed by atoms with van der Waals surface area (Å²) >= 11 is 11.9. The Morgan fingerprint density at radius 1 is 1.12 bits per heavy atom. The van der Waals surface area contributed by atoms with E-state index in [9.17, 15) is 9.59 Å². The first kappa shape index (κ1) is 18.7. The monoisotopic (exact) mass is 375 g/mol. The molecule has 25 heavy (non-hydrogen) atoms. The number of amides is 1. The van der Waals surface area contributed by atoms with Gasteiger partial charge in [0.05, 0.1) is 17.0 Å². The van der Waals surface area contributed by atoms with Crippen LogP contribution >= 0.6 is 23.2 Å². The van der Waals surface area contributed by atoms with Crippen LogP contribution in [0, 0.1) is 0 Å². The SMILES string of the molecule is CN(/N=C(\C=C(/C=O)C(N)=O)c1ccc(Cl)cc1)c1cccc(Cl)c1. The maximum atomic E-state index is 11.4. The summed E-state index contributed by atoms with van der Waals surface area (Å²) < 4.78 is 0. The molecule has 0 aliphatic rings. The summed E-state index contributed by atoms with van der Waals surface area (Å²) in [4.78, 5) is 22.5. The lowest BCUT2D eigenvalue weighted by Gasteiger charge is -2.15. The lowest BCUT2D eigenvalue weighted by molar-refractivity contribution is -0.116. The molecule has 0 bridgehead atoms. The van der Waals surface area contributed by atoms with E-state index in [1.807, 2.05) is 6.07 Å². The summed E-state index contributed by atoms with van der Waals surface area (Å²) in [6, 6.07) is 13.9. The third kappa shape index (κ3) is 5.17. The van der Waals surface area contributed by atoms with Crippen LogP contribution in [0.2, 0.25) is 10.0 Å². The summed E-state index contributed by atoms with van der Waals surface area (Å²) in [6.07, 6.45) is 1.73. The molecule has 5 nitrogen and oxygen atoms in total. The average Bonchev–Trinajstić information content (AvgIpc) is 2.58. The Morgan fingerprint density at radius 2 is 1.80 bits per heavy atom. The summed E-state index contributed by atoms with van der Waals surface area (Å²) in [5.74, 6) is -0.831. The quantitative estimate of drug-likeness (QED) is 0.210. The highest BCUT2D eigenvalue weighted by atomic mass is 35.5. The molecule has 0 saturated carbocycles. The van der Waals surface area contributed by atoms with Crippen LogP contribution in [-0.2, 0) is 9.59 Å². The van der Waals surface area contributed by atoms with Gasteiger partial charge in [-0.15, -0.1) is 0 Å². The molecule has 128 valence electrons. The number of nitrogens with zero attached hydrogens (tertiary/aromatic N) is 2. The largest absolute Gasteiger partial charge is 0.365 e. The zero-order chi connectivity index (χ0) is 18.4. The molecule has 0 atom stereocenters. The fraction of sp³-hybridized carbons (Fsp3) is 0.0556. The Labute approximate surface area is 155 Å². The third-order valence-electron chi connectivity index (χ3n) is 3.28. The highest BCUT2D eigenvalue weighted by molar-refractivity contribution is 6.31. The van der Waals surface area contributed by atoms with Gasteiger partial charge in [-0.1, -0.05) is 41.4 Å². The van der Waals surface area contributed by atoms with Crippen molar-refractivity contribution in [2.24, 2.45) is 10.8 Å². The van der Waals surface area contributed by atoms with Crippen molar-refractivity contribution in [3.8, 4) is 0 Å². The molecular weight excluding hydrogens is 361 g/mol. The van der Waals surface area contributed by atoms with Gasteiger partial charge >= 0.3 is 0 Å². The van der Waals surface area contributed by atoms with Crippen molar-refractivity contribution in [3.05, 3.63) is 75.8 Å². The van der Waals surface area contributed by atoms with Crippen LogP contribution in [-0.4, -0.2) is 25.0 Å². The topological polar surface area (TPSA) is 75.8 Å². The molecule has 0 aromatic heterocycles. The predicted molar refractivity (Wildman–Crippen MR) is 101 cm³/mol. The molecule has 0 heterocycles. The molecule has 7 heteroatoms. The number of allylic oxidation sites excluding steroid dienone is 1. The van der Waals surface area contributed by atoms with Crippen LogP contribution < -0.4 is 10.7 Å². The third-order valence-corrected chi connectivity index (χ3v) is 3.77. The predicted octanol–water partition coefficient (Wildman–Crippen LogP) is 3.44. The number of nitrogens with two attached hydrogens (primary N) is 1. The van der Waals surface area contributed by atoms with E-state index in [0.29, 0.717) is 27.6 Å². The van der Waals surface area contributed by atoms with Gasteiger partial charge in [0.2, 0.25) is 0 Å². The van der Waals surface area contributed by atoms with E-state index in [0.717, 1.165) is 5.69 Å². The summed E-state index contributed by atoms with van der Waals surface area (Å²) in [5, 5.41) is 7.16. The fourth-order valence-corrected chi connectivity index (χ4v) is 2.31. The molecule has 0 fully saturated rings. The van der Waals surface area contributed by atoms with Gasteiger partial charge in [-0.2, -0.15) is 5.10 Å². The van der Waals surface area contributed by atoms with Gasteiger partial charge in [0.1, 0.15) is 0 Å². The molecule has 2 rings (SSSR count). The minimum Gasteiger partial charge on any atom is -0.365 e. The molecule has 0 unspecified atom stereocenters. The number of hydrogen-bond donors (Lipinski definition) is 1. The Kier molecular flexibility index (Phi) is 6.33. The van der Waals surface area contributed by atoms with Crippen molar-refractivity contribution in [2.45, 2.75) is 0 Å². The van der Waals surface area contributed by atoms with E-state index in [1.165, 1.54) is 6.08 Å². The van der Waals surface area contributed by atoms with Crippen molar-refractivity contribution in [1.82, 2.24) is 0 Å². The molecular formula is C18H15Cl2N3O2. The number of anilines is 1. The van der Waals surface area contributed by atoms with Crippen molar-refractivity contribution >= 4 is 46.8 Å². The van der Waals surface area contributed by atoms with Crippen LogP contribution in [0.25, 0.3) is 0 Å². The molecule has 2 N–H and O–H groups in total. The zero-order valence-corrected chi connectivity index (χ0v) is 14.8. The number of halogens is 2. The maximum absolute atomic E-state index is 11.4. The summed E-state index contributed by atoms with van der Waals surface area (Å²) in [6.45, 7) is 0. The molecule has 2 aromatic carbocycles. The van der Waals surface area contributed by atoms with Gasteiger partial charge in [-0.25, -0.2) is 0 Å². The van der Waals surface area contributed by atoms with Gasteiger partial charge < -0.3 is 5.73 Å². The van der Waals surface area contributed by atoms with Gasteiger partial charge in [-0.05, 0) is 36.4 Å². The highest BCUT2D eigenvalue weighted by Gasteiger charge is 2.10. The second-order valence-electron chi connectivity index (χ2n) is 5.08. The average molecular weight is 376 g/mol. The molecule has 0 spiro atoms. The molecule has 1 amide bonds. The highest BCUT2D eigenvalue weighted by Crippen LogP contribution is 2.20. The van der Waals surface area contributed by atoms with Gasteiger partial charge in [-0.3, -0.25) is 14.6 Å². The number of carbonyl (C=O) groups is 2. The Hall–Kier alpha value is -2.63. The first-order chi connectivity index (χ1) is 11.9. The van der Waals surface area contributed by atoms with E-state index in [1.54, 1.807) is 54.5 Å². The minimum absolute atomic E-state index is 0.187. The molecule has 0 radical (unpaired) electrons. The number of hydrogen-bond acceptors (Lipinski definition) is 4. The minimum atomic E-state index is -0.831. The van der Waals surface area contributed by atoms with Crippen LogP contribution in [0.1, 0.15) is 5.56 Å². The van der Waals surface area contributed by atoms with E-state index >= 15 is 0 Å². The van der Waals surface area contributed by atoms with Gasteiger partial charge in [0.25, 0.3) is 5.91 Å². The second kappa shape index (κ2) is 8.46. The summed E-state index contributed by atoms with van der Waals surface area (Å²) in [5.41, 5.74) is 6.80. The summed E-state index contributed by atoms with van der Waals surface area (Å²) in [7, 11) is 1.72. The first-order valence-corrected chi connectivity index (χ1v) is 7.97. The Balaban J connectivity index is 2.51. The molecule has 0 aliphatic heterocycles. The van der Waals surface area contributed by atoms with Crippen LogP contribution in [0.3, 0.4) is 0 Å². The normalized spacial score (nSPS) is 12.0. The van der Waals surface area contributed by atoms with Crippen LogP contribution in [0.4, 0.5) is 5.69 Å². The smallest absolute Gasteiger partial charge is 0.252 e. The van der Waals surface area contributed by atoms with Crippen molar-refractivity contribution in [1.29, 1.82) is 0 Å². The van der Waals surface area contributed by atoms with Crippen molar-refractivity contribution < 1.29 is 9.59 Å². The van der Waals surface area contributed by atoms with E-state index in [2.05, 4.69) is 5.10 Å². The molecule has 0 saturated heterocycles. The van der Waals surface area contributed by atoms with Crippen LogP contribution in [0.5, 0.6) is 0 Å². The standard InChI is InChI=1S/C18H15Cl2N3O2/c1-23(16-4-2-3-15(20)10-16)22-17(9-13(11-24)18(21)25)12-5-7-14(19)8-6-12/h2-11H,1H3,(H2,21,25)/b13-9+,22-17+. The zero-order valence-electron chi connectivity index (χ0n) is 13.3. The number of primary amides is 1. The van der Waals surface area contributed by atoms with Crippen LogP contribution in [0.15, 0.2) is 65.3 Å². The van der Waals surface area contributed by atoms with E-state index in [-0.39, 0.29) is 5.57 Å². The van der Waals surface area contributed by atoms with Gasteiger partial charge in [0, 0.05) is 22.7 Å². The second-order valence-corrected chi connectivity index (χ2v) is 5.95. The lowest BCUT2D eigenvalue weighted by Crippen LogP contribution is -2.18. The number of hydrazone groups is 1. The molecule has 2 aromatic rings.